The average Bonchev–Trinajstić information content (AvgIpc) is 2.88. The number of rotatable bonds is 9. The second-order valence-corrected chi connectivity index (χ2v) is 9.80. The number of nitrogens with one attached hydrogen (secondary N) is 1. The molecule has 1 N–H and O–H groups in total. The Balaban J connectivity index is 1.42. The number of hydrogen-bond acceptors (Lipinski definition) is 6. The summed E-state index contributed by atoms with van der Waals surface area (Å²) in [5.41, 5.74) is 2.07. The third-order valence-corrected chi connectivity index (χ3v) is 7.42. The minimum absolute atomic E-state index is 0.150. The van der Waals surface area contributed by atoms with E-state index >= 15 is 0 Å². The predicted octanol–water partition coefficient (Wildman–Crippen LogP) is 4.25. The first-order chi connectivity index (χ1) is 16.9. The minimum Gasteiger partial charge on any atom is -0.497 e. The van der Waals surface area contributed by atoms with Gasteiger partial charge in [-0.3, -0.25) is 9.10 Å². The molecule has 3 aromatic rings. The highest BCUT2D eigenvalue weighted by molar-refractivity contribution is 7.92. The summed E-state index contributed by atoms with van der Waals surface area (Å²) in [7, 11) is -2.19. The maximum atomic E-state index is 13.3. The van der Waals surface area contributed by atoms with Crippen molar-refractivity contribution in [1.29, 1.82) is 0 Å². The number of methoxy groups -OCH3 is 1. The first-order valence-corrected chi connectivity index (χ1v) is 12.8. The van der Waals surface area contributed by atoms with E-state index in [9.17, 15) is 13.2 Å². The van der Waals surface area contributed by atoms with Crippen molar-refractivity contribution in [2.75, 3.05) is 36.5 Å². The van der Waals surface area contributed by atoms with E-state index in [0.717, 1.165) is 17.7 Å². The topological polar surface area (TPSA) is 94.2 Å². The maximum absolute atomic E-state index is 13.3. The summed E-state index contributed by atoms with van der Waals surface area (Å²) in [5, 5.41) is 2.82. The minimum atomic E-state index is -3.72. The van der Waals surface area contributed by atoms with Gasteiger partial charge in [0.25, 0.3) is 15.9 Å². The van der Waals surface area contributed by atoms with Gasteiger partial charge in [-0.25, -0.2) is 8.42 Å². The van der Waals surface area contributed by atoms with Crippen LogP contribution in [0.2, 0.25) is 0 Å². The molecule has 0 spiro atoms. The molecule has 1 aliphatic rings. The highest BCUT2D eigenvalue weighted by Crippen LogP contribution is 2.34. The normalized spacial score (nSPS) is 13.0. The number of aryl methyl sites for hydroxylation is 1. The molecule has 3 aromatic carbocycles. The van der Waals surface area contributed by atoms with E-state index in [0.29, 0.717) is 42.4 Å². The van der Waals surface area contributed by atoms with Gasteiger partial charge >= 0.3 is 0 Å². The molecule has 0 saturated carbocycles. The standard InChI is InChI=1S/C26H28N2O6S/c1-3-33-22-7-9-23(10-8-22)34-18-26(29)27-20-6-15-25-19(17-20)5-4-16-28(25)35(30,31)24-13-11-21(32-2)12-14-24/h6-15,17H,3-5,16,18H2,1-2H3,(H,27,29). The summed E-state index contributed by atoms with van der Waals surface area (Å²) < 4.78 is 44.1. The summed E-state index contributed by atoms with van der Waals surface area (Å²) >= 11 is 0. The smallest absolute Gasteiger partial charge is 0.264 e. The first-order valence-electron chi connectivity index (χ1n) is 11.4. The van der Waals surface area contributed by atoms with Gasteiger partial charge in [0.2, 0.25) is 0 Å². The Bertz CT molecular complexity index is 1270. The Morgan fingerprint density at radius 1 is 0.943 bits per heavy atom. The fourth-order valence-corrected chi connectivity index (χ4v) is 5.45. The van der Waals surface area contributed by atoms with E-state index in [4.69, 9.17) is 14.2 Å². The molecule has 9 heteroatoms. The van der Waals surface area contributed by atoms with Gasteiger partial charge in [-0.15, -0.1) is 0 Å². The molecule has 4 rings (SSSR count). The van der Waals surface area contributed by atoms with Crippen molar-refractivity contribution in [3.05, 3.63) is 72.3 Å². The zero-order valence-electron chi connectivity index (χ0n) is 19.7. The van der Waals surface area contributed by atoms with Crippen LogP contribution in [0.5, 0.6) is 17.2 Å². The van der Waals surface area contributed by atoms with Crippen molar-refractivity contribution in [1.82, 2.24) is 0 Å². The summed E-state index contributed by atoms with van der Waals surface area (Å²) in [6.45, 7) is 2.73. The van der Waals surface area contributed by atoms with Crippen LogP contribution in [0.1, 0.15) is 18.9 Å². The molecule has 0 fully saturated rings. The molecule has 0 radical (unpaired) electrons. The van der Waals surface area contributed by atoms with Crippen molar-refractivity contribution < 1.29 is 27.4 Å². The number of benzene rings is 3. The van der Waals surface area contributed by atoms with Crippen LogP contribution in [0.3, 0.4) is 0 Å². The Kier molecular flexibility index (Phi) is 7.45. The maximum Gasteiger partial charge on any atom is 0.264 e. The number of carbonyl (C=O) groups excluding carboxylic acids is 1. The van der Waals surface area contributed by atoms with E-state index in [1.807, 2.05) is 13.0 Å². The molecule has 1 amide bonds. The van der Waals surface area contributed by atoms with Gasteiger partial charge in [-0.1, -0.05) is 0 Å². The molecule has 0 aliphatic carbocycles. The number of anilines is 2. The van der Waals surface area contributed by atoms with Gasteiger partial charge in [0.15, 0.2) is 6.61 Å². The van der Waals surface area contributed by atoms with Crippen LogP contribution >= 0.6 is 0 Å². The number of amides is 1. The molecule has 0 atom stereocenters. The van der Waals surface area contributed by atoms with Crippen molar-refractivity contribution in [2.24, 2.45) is 0 Å². The Labute approximate surface area is 205 Å². The van der Waals surface area contributed by atoms with Crippen LogP contribution in [-0.2, 0) is 21.2 Å². The molecular weight excluding hydrogens is 468 g/mol. The second-order valence-electron chi connectivity index (χ2n) is 7.94. The predicted molar refractivity (Wildman–Crippen MR) is 134 cm³/mol. The highest BCUT2D eigenvalue weighted by atomic mass is 32.2. The molecule has 35 heavy (non-hydrogen) atoms. The monoisotopic (exact) mass is 496 g/mol. The Hall–Kier alpha value is -3.72. The molecule has 0 unspecified atom stereocenters. The van der Waals surface area contributed by atoms with Gasteiger partial charge in [-0.2, -0.15) is 0 Å². The van der Waals surface area contributed by atoms with Gasteiger partial charge in [-0.05, 0) is 92.1 Å². The zero-order valence-corrected chi connectivity index (χ0v) is 20.5. The lowest BCUT2D eigenvalue weighted by molar-refractivity contribution is -0.118. The molecule has 0 saturated heterocycles. The SMILES string of the molecule is CCOc1ccc(OCC(=O)Nc2ccc3c(c2)CCCN3S(=O)(=O)c2ccc(OC)cc2)cc1. The van der Waals surface area contributed by atoms with Crippen LogP contribution in [0.15, 0.2) is 71.6 Å². The van der Waals surface area contributed by atoms with Gasteiger partial charge in [0, 0.05) is 12.2 Å². The van der Waals surface area contributed by atoms with Gasteiger partial charge < -0.3 is 19.5 Å². The first kappa shape index (κ1) is 24.4. The van der Waals surface area contributed by atoms with E-state index < -0.39 is 10.0 Å². The lowest BCUT2D eigenvalue weighted by Crippen LogP contribution is -2.35. The number of hydrogen-bond donors (Lipinski definition) is 1. The molecule has 0 aromatic heterocycles. The summed E-state index contributed by atoms with van der Waals surface area (Å²) in [6.07, 6.45) is 1.40. The summed E-state index contributed by atoms with van der Waals surface area (Å²) in [5.74, 6) is 1.59. The van der Waals surface area contributed by atoms with Crippen molar-refractivity contribution >= 4 is 27.3 Å². The third-order valence-electron chi connectivity index (χ3n) is 5.59. The Morgan fingerprint density at radius 2 is 1.60 bits per heavy atom. The fourth-order valence-electron chi connectivity index (χ4n) is 3.91. The zero-order chi connectivity index (χ0) is 24.8. The van der Waals surface area contributed by atoms with Crippen molar-refractivity contribution in [3.8, 4) is 17.2 Å². The molecule has 0 bridgehead atoms. The van der Waals surface area contributed by atoms with Crippen LogP contribution in [0, 0.1) is 0 Å². The number of carbonyl (C=O) groups is 1. The second kappa shape index (κ2) is 10.7. The summed E-state index contributed by atoms with van der Waals surface area (Å²) in [6, 6.07) is 18.7. The highest BCUT2D eigenvalue weighted by Gasteiger charge is 2.29. The number of sulfonamides is 1. The van der Waals surface area contributed by atoms with Crippen LogP contribution in [-0.4, -0.2) is 41.2 Å². The number of nitrogens with zero attached hydrogens (tertiary/aromatic N) is 1. The van der Waals surface area contributed by atoms with Gasteiger partial charge in [0.05, 0.1) is 24.3 Å². The molecule has 1 aliphatic heterocycles. The van der Waals surface area contributed by atoms with Crippen molar-refractivity contribution in [2.45, 2.75) is 24.7 Å². The van der Waals surface area contributed by atoms with Crippen LogP contribution in [0.25, 0.3) is 0 Å². The average molecular weight is 497 g/mol. The van der Waals surface area contributed by atoms with E-state index in [1.54, 1.807) is 60.7 Å². The van der Waals surface area contributed by atoms with Crippen molar-refractivity contribution in [3.63, 3.8) is 0 Å². The third kappa shape index (κ3) is 5.68. The molecular formula is C26H28N2O6S. The summed E-state index contributed by atoms with van der Waals surface area (Å²) in [4.78, 5) is 12.6. The quantitative estimate of drug-likeness (QED) is 0.476. The molecule has 8 nitrogen and oxygen atoms in total. The lowest BCUT2D eigenvalue weighted by Gasteiger charge is -2.31. The number of fused-ring (bicyclic) bond motifs is 1. The van der Waals surface area contributed by atoms with Gasteiger partial charge in [0.1, 0.15) is 17.2 Å². The molecule has 1 heterocycles. The largest absolute Gasteiger partial charge is 0.497 e. The van der Waals surface area contributed by atoms with Crippen LogP contribution < -0.4 is 23.8 Å². The van der Waals surface area contributed by atoms with E-state index in [-0.39, 0.29) is 17.4 Å². The lowest BCUT2D eigenvalue weighted by atomic mass is 10.0. The number of ether oxygens (including phenoxy) is 3. The fraction of sp³-hybridized carbons (Fsp3) is 0.269. The molecule has 184 valence electrons. The van der Waals surface area contributed by atoms with E-state index in [1.165, 1.54) is 11.4 Å². The van der Waals surface area contributed by atoms with E-state index in [2.05, 4.69) is 5.32 Å². The van der Waals surface area contributed by atoms with Crippen LogP contribution in [0.4, 0.5) is 11.4 Å². The Morgan fingerprint density at radius 3 is 2.26 bits per heavy atom.